The number of hydrogen-bond donors (Lipinski definition) is 0. The lowest BCUT2D eigenvalue weighted by atomic mass is 9.86. The quantitative estimate of drug-likeness (QED) is 0.765. The van der Waals surface area contributed by atoms with Gasteiger partial charge < -0.3 is 9.80 Å². The second-order valence-electron chi connectivity index (χ2n) is 6.96. The van der Waals surface area contributed by atoms with Crippen molar-refractivity contribution in [2.75, 3.05) is 39.8 Å². The van der Waals surface area contributed by atoms with Gasteiger partial charge in [0.15, 0.2) is 0 Å². The van der Waals surface area contributed by atoms with Crippen LogP contribution in [0.15, 0.2) is 0 Å². The minimum Gasteiger partial charge on any atom is -0.306 e. The first-order valence-corrected chi connectivity index (χ1v) is 9.06. The Morgan fingerprint density at radius 1 is 0.900 bits per heavy atom. The van der Waals surface area contributed by atoms with Crippen molar-refractivity contribution in [3.63, 3.8) is 0 Å². The van der Waals surface area contributed by atoms with E-state index >= 15 is 0 Å². The van der Waals surface area contributed by atoms with Crippen LogP contribution in [-0.2, 0) is 0 Å². The zero-order valence-electron chi connectivity index (χ0n) is 14.7. The molecule has 2 saturated heterocycles. The molecule has 0 spiro atoms. The average molecular weight is 283 g/mol. The Morgan fingerprint density at radius 2 is 1.45 bits per heavy atom. The minimum atomic E-state index is 0.890. The topological polar surface area (TPSA) is 6.48 Å². The van der Waals surface area contributed by atoms with Gasteiger partial charge in [-0.3, -0.25) is 0 Å². The van der Waals surface area contributed by atoms with Crippen molar-refractivity contribution in [3.8, 4) is 0 Å². The summed E-state index contributed by atoms with van der Waals surface area (Å²) in [5.74, 6) is 2.88. The van der Waals surface area contributed by atoms with Gasteiger partial charge in [-0.2, -0.15) is 0 Å². The van der Waals surface area contributed by atoms with Crippen molar-refractivity contribution < 1.29 is 0 Å². The lowest BCUT2D eigenvalue weighted by molar-refractivity contribution is 0.138. The molecule has 2 rings (SSSR count). The summed E-state index contributed by atoms with van der Waals surface area (Å²) in [6, 6.07) is 0. The summed E-state index contributed by atoms with van der Waals surface area (Å²) >= 11 is 0. The van der Waals surface area contributed by atoms with Crippen LogP contribution in [0.3, 0.4) is 0 Å². The van der Waals surface area contributed by atoms with Crippen LogP contribution >= 0.6 is 0 Å². The molecule has 0 amide bonds. The molecule has 0 aromatic carbocycles. The predicted molar refractivity (Wildman–Crippen MR) is 90.2 cm³/mol. The Morgan fingerprint density at radius 3 is 1.95 bits per heavy atom. The van der Waals surface area contributed by atoms with Gasteiger partial charge in [-0.25, -0.2) is 0 Å². The van der Waals surface area contributed by atoms with Crippen LogP contribution in [-0.4, -0.2) is 49.6 Å². The molecule has 0 aromatic heterocycles. The molecule has 2 aliphatic rings. The van der Waals surface area contributed by atoms with E-state index in [0.29, 0.717) is 0 Å². The van der Waals surface area contributed by atoms with Crippen LogP contribution in [0.1, 0.15) is 59.8 Å². The van der Waals surface area contributed by atoms with Crippen LogP contribution in [0, 0.1) is 17.8 Å². The molecule has 0 bridgehead atoms. The molecule has 0 saturated carbocycles. The normalized spacial score (nSPS) is 23.7. The Bertz CT molecular complexity index is 224. The molecule has 120 valence electrons. The van der Waals surface area contributed by atoms with Gasteiger partial charge in [0.1, 0.15) is 0 Å². The summed E-state index contributed by atoms with van der Waals surface area (Å²) in [5, 5.41) is 0. The average Bonchev–Trinajstić information content (AvgIpc) is 2.49. The standard InChI is InChI=1S/C16H32N2.C2H6/c1-14(2)16-7-12-18(13-8-16)11-6-15-4-9-17(3)10-5-15;1-2/h14-16H,4-13H2,1-3H3;1-2H3. The summed E-state index contributed by atoms with van der Waals surface area (Å²) in [4.78, 5) is 5.20. The third kappa shape index (κ3) is 6.13. The molecule has 20 heavy (non-hydrogen) atoms. The van der Waals surface area contributed by atoms with Crippen molar-refractivity contribution in [1.29, 1.82) is 0 Å². The molecule has 0 aromatic rings. The molecule has 0 atom stereocenters. The van der Waals surface area contributed by atoms with Gasteiger partial charge in [0.05, 0.1) is 0 Å². The van der Waals surface area contributed by atoms with Crippen molar-refractivity contribution in [2.45, 2.75) is 59.8 Å². The summed E-state index contributed by atoms with van der Waals surface area (Å²) in [6.07, 6.45) is 7.17. The molecule has 2 fully saturated rings. The van der Waals surface area contributed by atoms with Gasteiger partial charge in [0, 0.05) is 0 Å². The van der Waals surface area contributed by atoms with E-state index in [4.69, 9.17) is 0 Å². The van der Waals surface area contributed by atoms with Crippen LogP contribution in [0.4, 0.5) is 0 Å². The van der Waals surface area contributed by atoms with Gasteiger partial charge in [0.25, 0.3) is 0 Å². The van der Waals surface area contributed by atoms with Crippen LogP contribution < -0.4 is 0 Å². The van der Waals surface area contributed by atoms with Gasteiger partial charge in [0.2, 0.25) is 0 Å². The molecule has 2 aliphatic heterocycles. The van der Waals surface area contributed by atoms with Gasteiger partial charge >= 0.3 is 0 Å². The van der Waals surface area contributed by atoms with Crippen LogP contribution in [0.25, 0.3) is 0 Å². The number of likely N-dealkylation sites (tertiary alicyclic amines) is 2. The molecule has 2 heteroatoms. The van der Waals surface area contributed by atoms with E-state index < -0.39 is 0 Å². The Hall–Kier alpha value is -0.0800. The van der Waals surface area contributed by atoms with Crippen molar-refractivity contribution in [1.82, 2.24) is 9.80 Å². The fraction of sp³-hybridized carbons (Fsp3) is 1.00. The van der Waals surface area contributed by atoms with E-state index in [-0.39, 0.29) is 0 Å². The SMILES string of the molecule is CC.CC(C)C1CCN(CCC2CCN(C)CC2)CC1. The first kappa shape index (κ1) is 18.0. The van der Waals surface area contributed by atoms with E-state index in [1.165, 1.54) is 64.8 Å². The van der Waals surface area contributed by atoms with E-state index in [9.17, 15) is 0 Å². The highest BCUT2D eigenvalue weighted by Crippen LogP contribution is 2.26. The minimum absolute atomic E-state index is 0.890. The monoisotopic (exact) mass is 282 g/mol. The highest BCUT2D eigenvalue weighted by molar-refractivity contribution is 4.76. The van der Waals surface area contributed by atoms with Crippen LogP contribution in [0.5, 0.6) is 0 Å². The fourth-order valence-corrected chi connectivity index (χ4v) is 3.56. The third-order valence-electron chi connectivity index (χ3n) is 5.27. The molecular formula is C18H38N2. The Balaban J connectivity index is 0.000000956. The molecular weight excluding hydrogens is 244 g/mol. The number of hydrogen-bond acceptors (Lipinski definition) is 2. The van der Waals surface area contributed by atoms with Gasteiger partial charge in [-0.1, -0.05) is 27.7 Å². The van der Waals surface area contributed by atoms with Crippen molar-refractivity contribution in [3.05, 3.63) is 0 Å². The molecule has 2 nitrogen and oxygen atoms in total. The summed E-state index contributed by atoms with van der Waals surface area (Å²) < 4.78 is 0. The number of rotatable bonds is 4. The van der Waals surface area contributed by atoms with Crippen LogP contribution in [0.2, 0.25) is 0 Å². The van der Waals surface area contributed by atoms with Gasteiger partial charge in [-0.05, 0) is 89.6 Å². The summed E-state index contributed by atoms with van der Waals surface area (Å²) in [5.41, 5.74) is 0. The molecule has 0 aliphatic carbocycles. The van der Waals surface area contributed by atoms with E-state index in [1.54, 1.807) is 0 Å². The lowest BCUT2D eigenvalue weighted by Crippen LogP contribution is -2.37. The highest BCUT2D eigenvalue weighted by Gasteiger charge is 2.22. The van der Waals surface area contributed by atoms with Crippen molar-refractivity contribution in [2.24, 2.45) is 17.8 Å². The Kier molecular flexibility index (Phi) is 8.79. The highest BCUT2D eigenvalue weighted by atomic mass is 15.1. The predicted octanol–water partition coefficient (Wildman–Crippen LogP) is 4.11. The molecule has 0 N–H and O–H groups in total. The lowest BCUT2D eigenvalue weighted by Gasteiger charge is -2.35. The first-order chi connectivity index (χ1) is 9.65. The fourth-order valence-electron chi connectivity index (χ4n) is 3.56. The Labute approximate surface area is 127 Å². The summed E-state index contributed by atoms with van der Waals surface area (Å²) in [6.45, 7) is 15.5. The zero-order valence-corrected chi connectivity index (χ0v) is 14.7. The van der Waals surface area contributed by atoms with E-state index in [0.717, 1.165) is 17.8 Å². The smallest absolute Gasteiger partial charge is 0.00160 e. The van der Waals surface area contributed by atoms with Gasteiger partial charge in [-0.15, -0.1) is 0 Å². The number of piperidine rings is 2. The summed E-state index contributed by atoms with van der Waals surface area (Å²) in [7, 11) is 2.26. The second-order valence-corrected chi connectivity index (χ2v) is 6.96. The maximum Gasteiger partial charge on any atom is -0.00160 e. The van der Waals surface area contributed by atoms with E-state index in [2.05, 4.69) is 30.7 Å². The molecule has 0 radical (unpaired) electrons. The third-order valence-corrected chi connectivity index (χ3v) is 5.27. The first-order valence-electron chi connectivity index (χ1n) is 9.06. The second kappa shape index (κ2) is 9.78. The number of nitrogens with zero attached hydrogens (tertiary/aromatic N) is 2. The molecule has 2 heterocycles. The van der Waals surface area contributed by atoms with Crippen molar-refractivity contribution >= 4 is 0 Å². The zero-order chi connectivity index (χ0) is 15.0. The maximum atomic E-state index is 2.72. The van der Waals surface area contributed by atoms with E-state index in [1.807, 2.05) is 13.8 Å². The largest absolute Gasteiger partial charge is 0.306 e. The molecule has 0 unspecified atom stereocenters. The maximum absolute atomic E-state index is 2.72.